The molecule has 1 aliphatic carbocycles. The van der Waals surface area contributed by atoms with E-state index in [4.69, 9.17) is 11.6 Å². The van der Waals surface area contributed by atoms with Crippen molar-refractivity contribution in [1.82, 2.24) is 29.4 Å². The molecule has 10 nitrogen and oxygen atoms in total. The van der Waals surface area contributed by atoms with Crippen LogP contribution in [0, 0.1) is 11.3 Å². The molecule has 0 radical (unpaired) electrons. The lowest BCUT2D eigenvalue weighted by molar-refractivity contribution is -0.291. The van der Waals surface area contributed by atoms with Crippen LogP contribution in [0.1, 0.15) is 42.2 Å². The SMILES string of the molecule is CCC(=O)N(C(=O)c1cc(-c2cnn(-c3c(OC(F)F)c(C(F)(F)C(F)(F)F)nn3C)c2)cnc1Cl)C1(C#N)CC1. The van der Waals surface area contributed by atoms with Crippen molar-refractivity contribution >= 4 is 23.4 Å². The van der Waals surface area contributed by atoms with Gasteiger partial charge in [-0.25, -0.2) is 14.3 Å². The maximum Gasteiger partial charge on any atom is 0.459 e. The van der Waals surface area contributed by atoms with E-state index in [0.29, 0.717) is 9.36 Å². The molecule has 41 heavy (non-hydrogen) atoms. The van der Waals surface area contributed by atoms with Gasteiger partial charge < -0.3 is 4.74 Å². The van der Waals surface area contributed by atoms with Gasteiger partial charge in [0, 0.05) is 37.0 Å². The number of aryl methyl sites for hydroxylation is 1. The first kappa shape index (κ1) is 29.8. The molecule has 3 aromatic rings. The number of nitriles is 1. The summed E-state index contributed by atoms with van der Waals surface area (Å²) in [4.78, 5) is 30.6. The first-order chi connectivity index (χ1) is 19.1. The average molecular weight is 608 g/mol. The zero-order valence-electron chi connectivity index (χ0n) is 20.9. The Hall–Kier alpha value is -4.20. The Morgan fingerprint density at radius 2 is 1.88 bits per heavy atom. The molecule has 4 rings (SSSR count). The number of nitrogens with zero attached hydrogens (tertiary/aromatic N) is 7. The van der Waals surface area contributed by atoms with Gasteiger partial charge in [0.05, 0.1) is 17.8 Å². The van der Waals surface area contributed by atoms with E-state index < -0.39 is 53.3 Å². The van der Waals surface area contributed by atoms with Crippen molar-refractivity contribution in [3.63, 3.8) is 0 Å². The fourth-order valence-electron chi connectivity index (χ4n) is 3.96. The molecular weight excluding hydrogens is 591 g/mol. The molecule has 0 atom stereocenters. The highest BCUT2D eigenvalue weighted by Crippen LogP contribution is 2.48. The first-order valence-corrected chi connectivity index (χ1v) is 11.9. The van der Waals surface area contributed by atoms with Gasteiger partial charge in [-0.1, -0.05) is 18.5 Å². The van der Waals surface area contributed by atoms with E-state index in [9.17, 15) is 45.6 Å². The first-order valence-electron chi connectivity index (χ1n) is 11.5. The molecule has 3 aromatic heterocycles. The number of imide groups is 1. The molecule has 1 saturated carbocycles. The minimum absolute atomic E-state index is 0.0753. The molecule has 0 aromatic carbocycles. The Labute approximate surface area is 230 Å². The van der Waals surface area contributed by atoms with Crippen LogP contribution in [0.25, 0.3) is 16.9 Å². The molecule has 0 saturated heterocycles. The summed E-state index contributed by atoms with van der Waals surface area (Å²) in [5.74, 6) is -9.54. The van der Waals surface area contributed by atoms with Gasteiger partial charge in [-0.2, -0.15) is 46.2 Å². The summed E-state index contributed by atoms with van der Waals surface area (Å²) in [6.07, 6.45) is -2.47. The summed E-state index contributed by atoms with van der Waals surface area (Å²) in [6.45, 7) is -2.29. The van der Waals surface area contributed by atoms with E-state index in [1.165, 1.54) is 13.0 Å². The monoisotopic (exact) mass is 607 g/mol. The van der Waals surface area contributed by atoms with Gasteiger partial charge in [0.2, 0.25) is 5.91 Å². The smallest absolute Gasteiger partial charge is 0.428 e. The number of hydrogen-bond acceptors (Lipinski definition) is 7. The lowest BCUT2D eigenvalue weighted by atomic mass is 10.1. The number of alkyl halides is 7. The Morgan fingerprint density at radius 3 is 2.41 bits per heavy atom. The van der Waals surface area contributed by atoms with Gasteiger partial charge in [-0.05, 0) is 18.9 Å². The van der Waals surface area contributed by atoms with E-state index in [-0.39, 0.29) is 41.1 Å². The summed E-state index contributed by atoms with van der Waals surface area (Å²) >= 11 is 6.12. The molecule has 0 spiro atoms. The van der Waals surface area contributed by atoms with Crippen molar-refractivity contribution in [3.05, 3.63) is 41.1 Å². The molecule has 218 valence electrons. The molecule has 2 amide bonds. The van der Waals surface area contributed by atoms with Crippen LogP contribution in [-0.2, 0) is 17.8 Å². The Balaban J connectivity index is 1.78. The highest BCUT2D eigenvalue weighted by molar-refractivity contribution is 6.33. The largest absolute Gasteiger partial charge is 0.459 e. The second-order valence-corrected chi connectivity index (χ2v) is 9.20. The zero-order valence-corrected chi connectivity index (χ0v) is 21.6. The summed E-state index contributed by atoms with van der Waals surface area (Å²) in [6, 6.07) is 3.16. The number of rotatable bonds is 8. The van der Waals surface area contributed by atoms with Crippen molar-refractivity contribution in [2.24, 2.45) is 7.05 Å². The fourth-order valence-corrected chi connectivity index (χ4v) is 4.14. The highest BCUT2D eigenvalue weighted by atomic mass is 35.5. The lowest BCUT2D eigenvalue weighted by Gasteiger charge is -2.25. The van der Waals surface area contributed by atoms with Gasteiger partial charge in [0.25, 0.3) is 5.91 Å². The third-order valence-electron chi connectivity index (χ3n) is 6.15. The maximum absolute atomic E-state index is 14.1. The zero-order chi connectivity index (χ0) is 30.5. The summed E-state index contributed by atoms with van der Waals surface area (Å²) < 4.78 is 98.6. The standard InChI is InChI=1S/C23H17ClF7N7O3/c1-3-14(39)38(21(10-32)4-5-21)19(40)13-6-11(7-33-17(13)24)12-8-34-37(9-12)18-15(41-20(25)26)16(35-36(18)2)22(27,28)23(29,30)31/h6-9,20H,3-5H2,1-2H3. The minimum Gasteiger partial charge on any atom is -0.428 e. The molecule has 18 heteroatoms. The normalized spacial score (nSPS) is 14.6. The summed E-state index contributed by atoms with van der Waals surface area (Å²) in [5.41, 5.74) is -3.52. The summed E-state index contributed by atoms with van der Waals surface area (Å²) in [5, 5.41) is 16.1. The number of amides is 2. The second-order valence-electron chi connectivity index (χ2n) is 8.84. The van der Waals surface area contributed by atoms with Gasteiger partial charge in [0.15, 0.2) is 17.3 Å². The van der Waals surface area contributed by atoms with Gasteiger partial charge >= 0.3 is 18.7 Å². The van der Waals surface area contributed by atoms with Crippen molar-refractivity contribution in [3.8, 4) is 28.8 Å². The van der Waals surface area contributed by atoms with E-state index in [2.05, 4.69) is 19.9 Å². The van der Waals surface area contributed by atoms with Crippen LogP contribution >= 0.6 is 11.6 Å². The van der Waals surface area contributed by atoms with Crippen molar-refractivity contribution in [2.45, 2.75) is 50.4 Å². The molecular formula is C23H17ClF7N7O3. The maximum atomic E-state index is 14.1. The van der Waals surface area contributed by atoms with E-state index >= 15 is 0 Å². The van der Waals surface area contributed by atoms with Crippen molar-refractivity contribution in [1.29, 1.82) is 5.26 Å². The molecule has 1 fully saturated rings. The fraction of sp³-hybridized carbons (Fsp3) is 0.391. The molecule has 0 N–H and O–H groups in total. The van der Waals surface area contributed by atoms with Crippen molar-refractivity contribution in [2.75, 3.05) is 0 Å². The van der Waals surface area contributed by atoms with Crippen molar-refractivity contribution < 1.29 is 45.1 Å². The molecule has 0 aliphatic heterocycles. The van der Waals surface area contributed by atoms with E-state index in [1.54, 1.807) is 0 Å². The Kier molecular flexibility index (Phi) is 7.50. The lowest BCUT2D eigenvalue weighted by Crippen LogP contribution is -2.45. The highest BCUT2D eigenvalue weighted by Gasteiger charge is 2.63. The number of aromatic nitrogens is 5. The average Bonchev–Trinajstić information content (AvgIpc) is 3.39. The Bertz CT molecular complexity index is 1560. The van der Waals surface area contributed by atoms with Crippen LogP contribution in [0.4, 0.5) is 30.7 Å². The Morgan fingerprint density at radius 1 is 1.22 bits per heavy atom. The second kappa shape index (κ2) is 10.3. The van der Waals surface area contributed by atoms with Crippen LogP contribution < -0.4 is 4.74 Å². The quantitative estimate of drug-likeness (QED) is 0.261. The number of carbonyl (C=O) groups is 2. The van der Waals surface area contributed by atoms with Crippen LogP contribution in [0.2, 0.25) is 5.15 Å². The van der Waals surface area contributed by atoms with Gasteiger partial charge in [-0.15, -0.1) is 0 Å². The number of pyridine rings is 1. The van der Waals surface area contributed by atoms with Crippen LogP contribution in [-0.4, -0.2) is 59.6 Å². The molecule has 1 aliphatic rings. The third kappa shape index (κ3) is 5.19. The molecule has 0 bridgehead atoms. The van der Waals surface area contributed by atoms with Crippen LogP contribution in [0.3, 0.4) is 0 Å². The minimum atomic E-state index is -6.18. The molecule has 3 heterocycles. The summed E-state index contributed by atoms with van der Waals surface area (Å²) in [7, 11) is 0.911. The van der Waals surface area contributed by atoms with Crippen LogP contribution in [0.15, 0.2) is 24.7 Å². The number of carbonyl (C=O) groups excluding carboxylic acids is 2. The number of halogens is 8. The predicted molar refractivity (Wildman–Crippen MR) is 124 cm³/mol. The van der Waals surface area contributed by atoms with E-state index in [1.807, 2.05) is 6.07 Å². The van der Waals surface area contributed by atoms with Gasteiger partial charge in [-0.3, -0.25) is 14.5 Å². The predicted octanol–water partition coefficient (Wildman–Crippen LogP) is 5.01. The third-order valence-corrected chi connectivity index (χ3v) is 6.45. The van der Waals surface area contributed by atoms with E-state index in [0.717, 1.165) is 30.5 Å². The number of ether oxygens (including phenoxy) is 1. The molecule has 0 unspecified atom stereocenters. The number of hydrogen-bond donors (Lipinski definition) is 0. The topological polar surface area (TPSA) is 119 Å². The van der Waals surface area contributed by atoms with Gasteiger partial charge in [0.1, 0.15) is 10.7 Å². The van der Waals surface area contributed by atoms with Crippen LogP contribution in [0.5, 0.6) is 5.75 Å².